The van der Waals surface area contributed by atoms with Crippen molar-refractivity contribution in [1.29, 1.82) is 0 Å². The molecule has 0 amide bonds. The van der Waals surface area contributed by atoms with Gasteiger partial charge in [0.1, 0.15) is 0 Å². The smallest absolute Gasteiger partial charge is 0.303 e. The van der Waals surface area contributed by atoms with Crippen molar-refractivity contribution in [3.63, 3.8) is 0 Å². The van der Waals surface area contributed by atoms with Gasteiger partial charge in [-0.2, -0.15) is 0 Å². The zero-order chi connectivity index (χ0) is 9.43. The second-order valence-electron chi connectivity index (χ2n) is 5.65. The largest absolute Gasteiger partial charge is 0.481 e. The predicted molar refractivity (Wildman–Crippen MR) is 48.2 cm³/mol. The van der Waals surface area contributed by atoms with Crippen molar-refractivity contribution >= 4 is 5.97 Å². The summed E-state index contributed by atoms with van der Waals surface area (Å²) in [6.45, 7) is 4.52. The van der Waals surface area contributed by atoms with Gasteiger partial charge >= 0.3 is 5.97 Å². The summed E-state index contributed by atoms with van der Waals surface area (Å²) in [6, 6.07) is 0. The Morgan fingerprint density at radius 1 is 1.38 bits per heavy atom. The number of carboxylic acids is 1. The average molecular weight is 180 g/mol. The van der Waals surface area contributed by atoms with Gasteiger partial charge in [-0.3, -0.25) is 4.79 Å². The lowest BCUT2D eigenvalue weighted by Crippen LogP contribution is -2.30. The van der Waals surface area contributed by atoms with Crippen LogP contribution in [0.5, 0.6) is 0 Å². The van der Waals surface area contributed by atoms with E-state index in [2.05, 4.69) is 13.8 Å². The Kier molecular flexibility index (Phi) is 1.08. The zero-order valence-corrected chi connectivity index (χ0v) is 8.21. The third-order valence-corrected chi connectivity index (χ3v) is 5.64. The highest BCUT2D eigenvalue weighted by atomic mass is 16.4. The first-order valence-electron chi connectivity index (χ1n) is 5.22. The molecule has 4 aliphatic carbocycles. The fourth-order valence-corrected chi connectivity index (χ4v) is 4.68. The van der Waals surface area contributed by atoms with E-state index in [0.29, 0.717) is 17.8 Å². The molecule has 0 aromatic rings. The molecular weight excluding hydrogens is 164 g/mol. The third kappa shape index (κ3) is 0.598. The number of hydrogen-bond acceptors (Lipinski definition) is 1. The molecule has 2 nitrogen and oxygen atoms in total. The highest BCUT2D eigenvalue weighted by Gasteiger charge is 2.81. The molecule has 0 saturated heterocycles. The van der Waals surface area contributed by atoms with Gasteiger partial charge in [-0.25, -0.2) is 0 Å². The summed E-state index contributed by atoms with van der Waals surface area (Å²) in [5.41, 5.74) is 0.518. The van der Waals surface area contributed by atoms with Gasteiger partial charge in [0, 0.05) is 0 Å². The molecule has 4 aliphatic rings. The molecule has 4 fully saturated rings. The zero-order valence-electron chi connectivity index (χ0n) is 8.21. The molecular formula is C11H16O2. The van der Waals surface area contributed by atoms with Crippen molar-refractivity contribution in [2.24, 2.45) is 28.6 Å². The monoisotopic (exact) mass is 180 g/mol. The number of aliphatic carboxylic acids is 1. The molecule has 4 rings (SSSR count). The van der Waals surface area contributed by atoms with E-state index in [9.17, 15) is 4.79 Å². The van der Waals surface area contributed by atoms with Gasteiger partial charge in [-0.05, 0) is 41.4 Å². The van der Waals surface area contributed by atoms with E-state index in [1.165, 1.54) is 12.8 Å². The highest BCUT2D eigenvalue weighted by Crippen LogP contribution is 2.86. The Labute approximate surface area is 78.3 Å². The average Bonchev–Trinajstić information content (AvgIpc) is 2.41. The van der Waals surface area contributed by atoms with Crippen LogP contribution in [-0.4, -0.2) is 11.1 Å². The van der Waals surface area contributed by atoms with Crippen LogP contribution in [-0.2, 0) is 4.79 Å². The van der Waals surface area contributed by atoms with Crippen molar-refractivity contribution < 1.29 is 9.90 Å². The Morgan fingerprint density at radius 2 is 1.92 bits per heavy atom. The molecule has 72 valence electrons. The normalized spacial score (nSPS) is 61.2. The summed E-state index contributed by atoms with van der Waals surface area (Å²) >= 11 is 0. The Morgan fingerprint density at radius 3 is 2.23 bits per heavy atom. The summed E-state index contributed by atoms with van der Waals surface area (Å²) in [7, 11) is 0. The van der Waals surface area contributed by atoms with Crippen LogP contribution in [0.3, 0.4) is 0 Å². The van der Waals surface area contributed by atoms with Crippen molar-refractivity contribution in [2.45, 2.75) is 33.1 Å². The van der Waals surface area contributed by atoms with Gasteiger partial charge < -0.3 is 5.11 Å². The van der Waals surface area contributed by atoms with Gasteiger partial charge in [0.05, 0.1) is 6.42 Å². The Hall–Kier alpha value is -0.530. The van der Waals surface area contributed by atoms with Gasteiger partial charge in [-0.15, -0.1) is 0 Å². The second kappa shape index (κ2) is 1.79. The summed E-state index contributed by atoms with van der Waals surface area (Å²) in [5, 5.41) is 8.93. The summed E-state index contributed by atoms with van der Waals surface area (Å²) < 4.78 is 0. The molecule has 4 saturated carbocycles. The molecule has 0 spiro atoms. The Bertz CT molecular complexity index is 284. The minimum atomic E-state index is -0.609. The molecule has 0 heterocycles. The molecule has 0 aromatic heterocycles. The lowest BCUT2D eigenvalue weighted by molar-refractivity contribution is -0.140. The lowest BCUT2D eigenvalue weighted by Gasteiger charge is -2.32. The van der Waals surface area contributed by atoms with Crippen molar-refractivity contribution in [1.82, 2.24) is 0 Å². The molecule has 0 aromatic carbocycles. The highest BCUT2D eigenvalue weighted by molar-refractivity contribution is 5.68. The SMILES string of the molecule is CC1(CC(=O)O)C2CC3C(C2)C31C. The van der Waals surface area contributed by atoms with Crippen LogP contribution in [0.1, 0.15) is 33.1 Å². The van der Waals surface area contributed by atoms with Crippen LogP contribution in [0.2, 0.25) is 0 Å². The van der Waals surface area contributed by atoms with Crippen molar-refractivity contribution in [3.05, 3.63) is 0 Å². The van der Waals surface area contributed by atoms with Crippen LogP contribution in [0.25, 0.3) is 0 Å². The summed E-state index contributed by atoms with van der Waals surface area (Å²) in [5.74, 6) is 1.86. The quantitative estimate of drug-likeness (QED) is 0.707. The summed E-state index contributed by atoms with van der Waals surface area (Å²) in [6.07, 6.45) is 3.01. The number of rotatable bonds is 2. The van der Waals surface area contributed by atoms with Crippen LogP contribution in [0, 0.1) is 28.6 Å². The molecule has 0 radical (unpaired) electrons. The van der Waals surface area contributed by atoms with Gasteiger partial charge in [0.15, 0.2) is 0 Å². The maximum Gasteiger partial charge on any atom is 0.303 e. The first-order chi connectivity index (χ1) is 6.00. The van der Waals surface area contributed by atoms with E-state index in [4.69, 9.17) is 5.11 Å². The number of carbonyl (C=O) groups is 1. The van der Waals surface area contributed by atoms with E-state index in [1.807, 2.05) is 0 Å². The van der Waals surface area contributed by atoms with E-state index < -0.39 is 5.97 Å². The Balaban J connectivity index is 1.96. The summed E-state index contributed by atoms with van der Waals surface area (Å²) in [4.78, 5) is 10.8. The lowest BCUT2D eigenvalue weighted by atomic mass is 9.72. The number of hydrogen-bond donors (Lipinski definition) is 1. The second-order valence-corrected chi connectivity index (χ2v) is 5.65. The maximum absolute atomic E-state index is 10.8. The number of carboxylic acid groups (broad SMARTS) is 1. The van der Waals surface area contributed by atoms with Crippen molar-refractivity contribution in [3.8, 4) is 0 Å². The van der Waals surface area contributed by atoms with E-state index in [1.54, 1.807) is 0 Å². The molecule has 0 aliphatic heterocycles. The van der Waals surface area contributed by atoms with E-state index >= 15 is 0 Å². The van der Waals surface area contributed by atoms with Gasteiger partial charge in [0.25, 0.3) is 0 Å². The topological polar surface area (TPSA) is 37.3 Å². The standard InChI is InChI=1S/C11H16O2/c1-10(5-9(12)13)6-3-7-8(4-6)11(7,10)2/h6-8H,3-5H2,1-2H3,(H,12,13). The predicted octanol–water partition coefficient (Wildman–Crippen LogP) is 2.14. The van der Waals surface area contributed by atoms with E-state index in [0.717, 1.165) is 11.8 Å². The third-order valence-electron chi connectivity index (χ3n) is 5.64. The van der Waals surface area contributed by atoms with Crippen LogP contribution >= 0.6 is 0 Å². The fourth-order valence-electron chi connectivity index (χ4n) is 4.68. The van der Waals surface area contributed by atoms with E-state index in [-0.39, 0.29) is 5.41 Å². The van der Waals surface area contributed by atoms with Crippen LogP contribution in [0.15, 0.2) is 0 Å². The van der Waals surface area contributed by atoms with Gasteiger partial charge in [0.2, 0.25) is 0 Å². The maximum atomic E-state index is 10.8. The molecule has 3 unspecified atom stereocenters. The molecule has 4 bridgehead atoms. The van der Waals surface area contributed by atoms with Crippen LogP contribution in [0.4, 0.5) is 0 Å². The molecule has 1 N–H and O–H groups in total. The van der Waals surface area contributed by atoms with Gasteiger partial charge in [-0.1, -0.05) is 13.8 Å². The van der Waals surface area contributed by atoms with Crippen LogP contribution < -0.4 is 0 Å². The minimum Gasteiger partial charge on any atom is -0.481 e. The minimum absolute atomic E-state index is 0.119. The fraction of sp³-hybridized carbons (Fsp3) is 0.909. The molecule has 2 heteroatoms. The molecule has 13 heavy (non-hydrogen) atoms. The van der Waals surface area contributed by atoms with Crippen molar-refractivity contribution in [2.75, 3.05) is 0 Å². The first kappa shape index (κ1) is 7.84. The first-order valence-corrected chi connectivity index (χ1v) is 5.22. The molecule has 3 atom stereocenters.